The Morgan fingerprint density at radius 1 is 0.909 bits per heavy atom. The van der Waals surface area contributed by atoms with Crippen LogP contribution in [0.4, 0.5) is 10.1 Å². The fourth-order valence-corrected chi connectivity index (χ4v) is 4.55. The van der Waals surface area contributed by atoms with Crippen LogP contribution in [0.2, 0.25) is 5.02 Å². The zero-order valence-corrected chi connectivity index (χ0v) is 18.9. The summed E-state index contributed by atoms with van der Waals surface area (Å²) in [6.45, 7) is -0.623. The van der Waals surface area contributed by atoms with Gasteiger partial charge in [0.1, 0.15) is 5.82 Å². The number of anilines is 1. The number of benzene rings is 3. The number of hydrogen-bond acceptors (Lipinski definition) is 4. The zero-order valence-electron chi connectivity index (χ0n) is 17.4. The molecule has 0 radical (unpaired) electrons. The molecule has 3 aromatic rings. The highest BCUT2D eigenvalue weighted by Crippen LogP contribution is 2.21. The van der Waals surface area contributed by atoms with Crippen LogP contribution in [0.5, 0.6) is 0 Å². The van der Waals surface area contributed by atoms with Crippen molar-refractivity contribution >= 4 is 39.1 Å². The van der Waals surface area contributed by atoms with Gasteiger partial charge in [0.15, 0.2) is 0 Å². The SMILES string of the molecule is NC(=O)Cc1ccc(NC(=O)CN(Cc2ccc(F)cc2)S(=O)(=O)c2ccc(Cl)cc2)cc1. The number of nitrogens with one attached hydrogen (secondary N) is 1. The molecule has 0 aliphatic heterocycles. The van der Waals surface area contributed by atoms with Crippen LogP contribution in [0.25, 0.3) is 0 Å². The fraction of sp³-hybridized carbons (Fsp3) is 0.130. The second-order valence-electron chi connectivity index (χ2n) is 7.24. The van der Waals surface area contributed by atoms with Crippen LogP contribution < -0.4 is 11.1 Å². The number of amides is 2. The van der Waals surface area contributed by atoms with E-state index >= 15 is 0 Å². The van der Waals surface area contributed by atoms with Crippen LogP contribution in [0.3, 0.4) is 0 Å². The van der Waals surface area contributed by atoms with E-state index in [1.54, 1.807) is 24.3 Å². The molecule has 2 amide bonds. The third-order valence-electron chi connectivity index (χ3n) is 4.66. The van der Waals surface area contributed by atoms with Crippen LogP contribution in [-0.2, 0) is 32.6 Å². The van der Waals surface area contributed by atoms with E-state index in [2.05, 4.69) is 5.32 Å². The van der Waals surface area contributed by atoms with Gasteiger partial charge in [-0.15, -0.1) is 0 Å². The molecule has 0 bridgehead atoms. The fourth-order valence-electron chi connectivity index (χ4n) is 3.04. The van der Waals surface area contributed by atoms with Gasteiger partial charge in [0, 0.05) is 17.3 Å². The number of rotatable bonds is 9. The Morgan fingerprint density at radius 3 is 2.06 bits per heavy atom. The van der Waals surface area contributed by atoms with Crippen molar-refractivity contribution in [3.8, 4) is 0 Å². The molecule has 10 heteroatoms. The van der Waals surface area contributed by atoms with Gasteiger partial charge < -0.3 is 11.1 Å². The summed E-state index contributed by atoms with van der Waals surface area (Å²) in [5.74, 6) is -1.50. The lowest BCUT2D eigenvalue weighted by molar-refractivity contribution is -0.117. The van der Waals surface area contributed by atoms with Crippen LogP contribution in [0, 0.1) is 5.82 Å². The molecule has 33 heavy (non-hydrogen) atoms. The second kappa shape index (κ2) is 10.6. The van der Waals surface area contributed by atoms with E-state index in [1.807, 2.05) is 0 Å². The summed E-state index contributed by atoms with van der Waals surface area (Å²) >= 11 is 5.87. The molecule has 172 valence electrons. The van der Waals surface area contributed by atoms with E-state index < -0.39 is 34.2 Å². The average molecular weight is 490 g/mol. The van der Waals surface area contributed by atoms with E-state index in [-0.39, 0.29) is 17.9 Å². The van der Waals surface area contributed by atoms with Gasteiger partial charge in [-0.1, -0.05) is 35.9 Å². The van der Waals surface area contributed by atoms with Crippen LogP contribution >= 0.6 is 11.6 Å². The molecule has 3 N–H and O–H groups in total. The van der Waals surface area contributed by atoms with Crippen LogP contribution in [0.15, 0.2) is 77.7 Å². The number of sulfonamides is 1. The third-order valence-corrected chi connectivity index (χ3v) is 6.72. The minimum Gasteiger partial charge on any atom is -0.369 e. The summed E-state index contributed by atoms with van der Waals surface area (Å²) in [6, 6.07) is 17.4. The van der Waals surface area contributed by atoms with Gasteiger partial charge >= 0.3 is 0 Å². The molecule has 0 fully saturated rings. The Bertz CT molecular complexity index is 1230. The van der Waals surface area contributed by atoms with Crippen molar-refractivity contribution in [3.05, 3.63) is 94.8 Å². The maximum absolute atomic E-state index is 13.3. The van der Waals surface area contributed by atoms with Gasteiger partial charge in [-0.3, -0.25) is 9.59 Å². The van der Waals surface area contributed by atoms with Gasteiger partial charge in [-0.2, -0.15) is 4.31 Å². The highest BCUT2D eigenvalue weighted by molar-refractivity contribution is 7.89. The first kappa shape index (κ1) is 24.4. The zero-order chi connectivity index (χ0) is 24.0. The molecule has 0 spiro atoms. The summed E-state index contributed by atoms with van der Waals surface area (Å²) in [4.78, 5) is 23.7. The van der Waals surface area contributed by atoms with E-state index in [4.69, 9.17) is 17.3 Å². The van der Waals surface area contributed by atoms with E-state index in [9.17, 15) is 22.4 Å². The van der Waals surface area contributed by atoms with Gasteiger partial charge in [-0.25, -0.2) is 12.8 Å². The Morgan fingerprint density at radius 2 is 1.48 bits per heavy atom. The highest BCUT2D eigenvalue weighted by atomic mass is 35.5. The summed E-state index contributed by atoms with van der Waals surface area (Å²) in [5, 5.41) is 3.01. The number of primary amides is 1. The van der Waals surface area contributed by atoms with Crippen molar-refractivity contribution in [1.82, 2.24) is 4.31 Å². The summed E-state index contributed by atoms with van der Waals surface area (Å²) in [7, 11) is -4.06. The topological polar surface area (TPSA) is 110 Å². The number of nitrogens with two attached hydrogens (primary N) is 1. The Labute approximate surface area is 196 Å². The van der Waals surface area contributed by atoms with Gasteiger partial charge in [0.05, 0.1) is 17.9 Å². The lowest BCUT2D eigenvalue weighted by Crippen LogP contribution is -2.37. The standard InChI is InChI=1S/C23H21ClFN3O4S/c24-18-5-11-21(12-6-18)33(31,32)28(14-17-1-7-19(25)8-2-17)15-23(30)27-20-9-3-16(4-10-20)13-22(26)29/h1-12H,13-15H2,(H2,26,29)(H,27,30). The van der Waals surface area contributed by atoms with Crippen molar-refractivity contribution in [2.75, 3.05) is 11.9 Å². The summed E-state index contributed by atoms with van der Waals surface area (Å²) in [5.41, 5.74) is 6.79. The van der Waals surface area contributed by atoms with Gasteiger partial charge in [0.25, 0.3) is 0 Å². The predicted octanol–water partition coefficient (Wildman–Crippen LogP) is 3.34. The first-order valence-corrected chi connectivity index (χ1v) is 11.6. The van der Waals surface area contributed by atoms with Crippen LogP contribution in [-0.4, -0.2) is 31.1 Å². The number of carbonyl (C=O) groups excluding carboxylic acids is 2. The molecule has 0 unspecified atom stereocenters. The highest BCUT2D eigenvalue weighted by Gasteiger charge is 2.27. The number of halogens is 2. The van der Waals surface area contributed by atoms with E-state index in [1.165, 1.54) is 48.5 Å². The van der Waals surface area contributed by atoms with Gasteiger partial charge in [-0.05, 0) is 59.7 Å². The minimum absolute atomic E-state index is 0.0300. The first-order chi connectivity index (χ1) is 15.6. The van der Waals surface area contributed by atoms with E-state index in [0.29, 0.717) is 21.8 Å². The molecule has 0 heterocycles. The lowest BCUT2D eigenvalue weighted by Gasteiger charge is -2.22. The first-order valence-electron chi connectivity index (χ1n) is 9.81. The molecule has 3 aromatic carbocycles. The second-order valence-corrected chi connectivity index (χ2v) is 9.62. The number of hydrogen-bond donors (Lipinski definition) is 2. The smallest absolute Gasteiger partial charge is 0.243 e. The average Bonchev–Trinajstić information content (AvgIpc) is 2.76. The molecule has 0 aliphatic carbocycles. The van der Waals surface area contributed by atoms with Gasteiger partial charge in [0.2, 0.25) is 21.8 Å². The molecule has 3 rings (SSSR count). The normalized spacial score (nSPS) is 11.4. The molecule has 0 saturated carbocycles. The molecule has 0 saturated heterocycles. The maximum atomic E-state index is 13.3. The molecular formula is C23H21ClFN3O4S. The van der Waals surface area contributed by atoms with Crippen molar-refractivity contribution < 1.29 is 22.4 Å². The van der Waals surface area contributed by atoms with Crippen molar-refractivity contribution in [3.63, 3.8) is 0 Å². The van der Waals surface area contributed by atoms with Crippen molar-refractivity contribution in [2.45, 2.75) is 17.9 Å². The molecule has 7 nitrogen and oxygen atoms in total. The summed E-state index contributed by atoms with van der Waals surface area (Å²) in [6.07, 6.45) is 0.0685. The minimum atomic E-state index is -4.06. The Balaban J connectivity index is 1.81. The molecule has 0 aliphatic rings. The molecular weight excluding hydrogens is 469 g/mol. The maximum Gasteiger partial charge on any atom is 0.243 e. The van der Waals surface area contributed by atoms with Crippen molar-refractivity contribution in [2.24, 2.45) is 5.73 Å². The Hall–Kier alpha value is -3.27. The molecule has 0 aromatic heterocycles. The lowest BCUT2D eigenvalue weighted by atomic mass is 10.1. The number of nitrogens with zero attached hydrogens (tertiary/aromatic N) is 1. The molecule has 0 atom stereocenters. The predicted molar refractivity (Wildman–Crippen MR) is 123 cm³/mol. The van der Waals surface area contributed by atoms with Crippen LogP contribution in [0.1, 0.15) is 11.1 Å². The van der Waals surface area contributed by atoms with E-state index in [0.717, 1.165) is 4.31 Å². The Kier molecular flexibility index (Phi) is 7.80. The van der Waals surface area contributed by atoms with Crippen molar-refractivity contribution in [1.29, 1.82) is 0 Å². The largest absolute Gasteiger partial charge is 0.369 e. The quantitative estimate of drug-likeness (QED) is 0.480. The third kappa shape index (κ3) is 6.85. The number of carbonyl (C=O) groups is 2. The summed E-state index contributed by atoms with van der Waals surface area (Å²) < 4.78 is 40.7. The monoisotopic (exact) mass is 489 g/mol.